The molecule has 0 unspecified atom stereocenters. The molecule has 1 aromatic carbocycles. The first-order chi connectivity index (χ1) is 16.7. The van der Waals surface area contributed by atoms with Gasteiger partial charge in [0.25, 0.3) is 0 Å². The summed E-state index contributed by atoms with van der Waals surface area (Å²) < 4.78 is 27.9. The highest BCUT2D eigenvalue weighted by atomic mass is 16.6. The lowest BCUT2D eigenvalue weighted by Gasteiger charge is -2.32. The summed E-state index contributed by atoms with van der Waals surface area (Å²) in [6, 6.07) is 6.38. The van der Waals surface area contributed by atoms with Gasteiger partial charge in [0.1, 0.15) is 29.1 Å². The number of carbonyl (C=O) groups excluding carboxylic acids is 3. The summed E-state index contributed by atoms with van der Waals surface area (Å²) in [5.74, 6) is 0.0632. The number of nitrogens with zero attached hydrogens (tertiary/aromatic N) is 1. The summed E-state index contributed by atoms with van der Waals surface area (Å²) in [6.45, 7) is 12.2. The fraction of sp³-hybridized carbons (Fsp3) is 0.667. The summed E-state index contributed by atoms with van der Waals surface area (Å²) in [5, 5.41) is 0. The number of esters is 1. The highest BCUT2D eigenvalue weighted by Gasteiger charge is 2.42. The second-order valence-electron chi connectivity index (χ2n) is 11.0. The normalized spacial score (nSPS) is 21.3. The first kappa shape index (κ1) is 29.4. The number of cyclic esters (lactones) is 1. The monoisotopic (exact) mass is 507 g/mol. The van der Waals surface area contributed by atoms with Crippen LogP contribution in [0, 0.1) is 0 Å². The molecule has 1 aliphatic heterocycles. The number of methoxy groups -OCH3 is 1. The third kappa shape index (κ3) is 9.33. The molecule has 1 heterocycles. The highest BCUT2D eigenvalue weighted by molar-refractivity contribution is 5.94. The third-order valence-electron chi connectivity index (χ3n) is 5.43. The van der Waals surface area contributed by atoms with E-state index in [1.165, 1.54) is 0 Å². The summed E-state index contributed by atoms with van der Waals surface area (Å²) in [4.78, 5) is 40.1. The first-order valence-electron chi connectivity index (χ1n) is 12.4. The lowest BCUT2D eigenvalue weighted by Crippen LogP contribution is -2.53. The second kappa shape index (κ2) is 12.4. The van der Waals surface area contributed by atoms with Crippen LogP contribution in [0.3, 0.4) is 0 Å². The predicted octanol–water partition coefficient (Wildman–Crippen LogP) is 5.63. The van der Waals surface area contributed by atoms with E-state index in [1.54, 1.807) is 55.6 Å². The van der Waals surface area contributed by atoms with Gasteiger partial charge >= 0.3 is 18.2 Å². The molecule has 0 aliphatic carbocycles. The van der Waals surface area contributed by atoms with Crippen molar-refractivity contribution >= 4 is 18.2 Å². The van der Waals surface area contributed by atoms with Crippen molar-refractivity contribution in [3.63, 3.8) is 0 Å². The van der Waals surface area contributed by atoms with E-state index in [9.17, 15) is 14.4 Å². The van der Waals surface area contributed by atoms with Crippen LogP contribution in [0.1, 0.15) is 79.7 Å². The number of amides is 2. The number of benzene rings is 1. The lowest BCUT2D eigenvalue weighted by atomic mass is 10.0. The number of hydrogen-bond acceptors (Lipinski definition) is 8. The van der Waals surface area contributed by atoms with Crippen molar-refractivity contribution in [2.45, 2.75) is 110 Å². The van der Waals surface area contributed by atoms with Crippen LogP contribution in [0.15, 0.2) is 24.3 Å². The average molecular weight is 508 g/mol. The maximum Gasteiger partial charge on any atom is 0.420 e. The van der Waals surface area contributed by atoms with Crippen molar-refractivity contribution in [2.24, 2.45) is 0 Å². The summed E-state index contributed by atoms with van der Waals surface area (Å²) in [6.07, 6.45) is -0.624. The second-order valence-corrected chi connectivity index (χ2v) is 11.0. The Labute approximate surface area is 214 Å². The maximum atomic E-state index is 13.3. The topological polar surface area (TPSA) is 101 Å². The van der Waals surface area contributed by atoms with E-state index in [4.69, 9.17) is 23.7 Å². The number of ether oxygens (including phenoxy) is 5. The molecule has 1 aliphatic rings. The molecule has 202 valence electrons. The molecule has 2 amide bonds. The molecule has 0 aromatic heterocycles. The van der Waals surface area contributed by atoms with E-state index < -0.39 is 41.5 Å². The SMILES string of the molecule is COc1ccc(CO[C@@H]2CCCC[C@H](N(C(=O)OC(C)(C)C)C(=O)OC(C)(C)C)C(=O)O[C@H]2C)cc1. The molecule has 1 saturated heterocycles. The van der Waals surface area contributed by atoms with Crippen molar-refractivity contribution in [3.05, 3.63) is 29.8 Å². The van der Waals surface area contributed by atoms with Gasteiger partial charge in [-0.15, -0.1) is 0 Å². The highest BCUT2D eigenvalue weighted by Crippen LogP contribution is 2.25. The van der Waals surface area contributed by atoms with Crippen LogP contribution in [-0.4, -0.2) is 59.6 Å². The lowest BCUT2D eigenvalue weighted by molar-refractivity contribution is -0.162. The Morgan fingerprint density at radius 3 is 1.97 bits per heavy atom. The fourth-order valence-corrected chi connectivity index (χ4v) is 3.70. The van der Waals surface area contributed by atoms with E-state index in [1.807, 2.05) is 24.3 Å². The Bertz CT molecular complexity index is 857. The van der Waals surface area contributed by atoms with Gasteiger partial charge in [0, 0.05) is 0 Å². The predicted molar refractivity (Wildman–Crippen MR) is 134 cm³/mol. The maximum absolute atomic E-state index is 13.3. The van der Waals surface area contributed by atoms with Crippen LogP contribution in [0.4, 0.5) is 9.59 Å². The number of imide groups is 1. The quantitative estimate of drug-likeness (QED) is 0.374. The minimum atomic E-state index is -1.17. The van der Waals surface area contributed by atoms with Crippen LogP contribution in [-0.2, 0) is 30.3 Å². The first-order valence-corrected chi connectivity index (χ1v) is 12.4. The largest absolute Gasteiger partial charge is 0.497 e. The summed E-state index contributed by atoms with van der Waals surface area (Å²) >= 11 is 0. The molecule has 9 heteroatoms. The van der Waals surface area contributed by atoms with E-state index in [0.717, 1.165) is 22.6 Å². The van der Waals surface area contributed by atoms with Crippen LogP contribution < -0.4 is 4.74 Å². The molecular formula is C27H41NO8. The van der Waals surface area contributed by atoms with Gasteiger partial charge in [-0.2, -0.15) is 4.90 Å². The number of carbonyl (C=O) groups is 3. The molecule has 2 rings (SSSR count). The van der Waals surface area contributed by atoms with Crippen molar-refractivity contribution in [1.82, 2.24) is 4.90 Å². The molecule has 1 aromatic rings. The van der Waals surface area contributed by atoms with Gasteiger partial charge in [-0.05, 0) is 79.0 Å². The van der Waals surface area contributed by atoms with Gasteiger partial charge in [-0.3, -0.25) is 0 Å². The molecule has 0 radical (unpaired) electrons. The van der Waals surface area contributed by atoms with Gasteiger partial charge in [0.2, 0.25) is 0 Å². The molecule has 0 N–H and O–H groups in total. The minimum Gasteiger partial charge on any atom is -0.497 e. The Balaban J connectivity index is 2.18. The Morgan fingerprint density at radius 1 is 0.944 bits per heavy atom. The number of hydrogen-bond donors (Lipinski definition) is 0. The van der Waals surface area contributed by atoms with E-state index in [-0.39, 0.29) is 12.5 Å². The third-order valence-corrected chi connectivity index (χ3v) is 5.43. The number of rotatable bonds is 5. The van der Waals surface area contributed by atoms with E-state index >= 15 is 0 Å². The van der Waals surface area contributed by atoms with Gasteiger partial charge in [0.15, 0.2) is 0 Å². The van der Waals surface area contributed by atoms with Crippen LogP contribution >= 0.6 is 0 Å². The van der Waals surface area contributed by atoms with Crippen LogP contribution in [0.2, 0.25) is 0 Å². The van der Waals surface area contributed by atoms with Gasteiger partial charge in [0.05, 0.1) is 19.8 Å². The molecule has 36 heavy (non-hydrogen) atoms. The Morgan fingerprint density at radius 2 is 1.47 bits per heavy atom. The molecule has 1 fully saturated rings. The molecule has 3 atom stereocenters. The summed E-state index contributed by atoms with van der Waals surface area (Å²) in [7, 11) is 1.61. The van der Waals surface area contributed by atoms with E-state index in [2.05, 4.69) is 0 Å². The van der Waals surface area contributed by atoms with Crippen molar-refractivity contribution in [2.75, 3.05) is 7.11 Å². The fourth-order valence-electron chi connectivity index (χ4n) is 3.70. The Hall–Kier alpha value is -2.81. The Kier molecular flexibility index (Phi) is 10.2. The zero-order valence-corrected chi connectivity index (χ0v) is 22.8. The average Bonchev–Trinajstić information content (AvgIpc) is 2.80. The standard InChI is InChI=1S/C27H41NO8/c1-18-22(33-17-19-13-15-20(32-8)16-14-19)12-10-9-11-21(23(29)34-18)28(24(30)35-26(2,3)4)25(31)36-27(5,6)7/h13-16,18,21-22H,9-12,17H2,1-8H3/t18-,21-,22+/m0/s1. The molecular weight excluding hydrogens is 466 g/mol. The van der Waals surface area contributed by atoms with Crippen LogP contribution in [0.5, 0.6) is 5.75 Å². The van der Waals surface area contributed by atoms with Gasteiger partial charge in [-0.1, -0.05) is 25.0 Å². The molecule has 0 saturated carbocycles. The van der Waals surface area contributed by atoms with Crippen molar-refractivity contribution in [1.29, 1.82) is 0 Å². The van der Waals surface area contributed by atoms with Crippen LogP contribution in [0.25, 0.3) is 0 Å². The molecule has 0 spiro atoms. The zero-order valence-electron chi connectivity index (χ0n) is 22.8. The molecule has 9 nitrogen and oxygen atoms in total. The van der Waals surface area contributed by atoms with Crippen molar-refractivity contribution in [3.8, 4) is 5.75 Å². The minimum absolute atomic E-state index is 0.231. The molecule has 0 bridgehead atoms. The summed E-state index contributed by atoms with van der Waals surface area (Å²) in [5.41, 5.74) is -0.769. The smallest absolute Gasteiger partial charge is 0.420 e. The van der Waals surface area contributed by atoms with Crippen molar-refractivity contribution < 1.29 is 38.1 Å². The zero-order chi connectivity index (χ0) is 27.1. The van der Waals surface area contributed by atoms with Gasteiger partial charge < -0.3 is 23.7 Å². The van der Waals surface area contributed by atoms with Gasteiger partial charge in [-0.25, -0.2) is 14.4 Å². The van der Waals surface area contributed by atoms with E-state index in [0.29, 0.717) is 19.4 Å².